The van der Waals surface area contributed by atoms with Gasteiger partial charge in [-0.25, -0.2) is 0 Å². The number of amides is 1. The second kappa shape index (κ2) is 10.0. The molecule has 6 nitrogen and oxygen atoms in total. The summed E-state index contributed by atoms with van der Waals surface area (Å²) in [7, 11) is 0. The Bertz CT molecular complexity index is 971. The maximum absolute atomic E-state index is 13.0. The first-order chi connectivity index (χ1) is 14.1. The Morgan fingerprint density at radius 2 is 1.90 bits per heavy atom. The molecule has 0 aliphatic carbocycles. The largest absolute Gasteiger partial charge is 0.494 e. The minimum absolute atomic E-state index is 0.212. The Balaban J connectivity index is 1.79. The van der Waals surface area contributed by atoms with Crippen LogP contribution in [0.2, 0.25) is 0 Å². The molecule has 0 spiro atoms. The molecule has 152 valence electrons. The fourth-order valence-electron chi connectivity index (χ4n) is 2.75. The zero-order chi connectivity index (χ0) is 20.6. The van der Waals surface area contributed by atoms with Gasteiger partial charge in [0.25, 0.3) is 5.91 Å². The van der Waals surface area contributed by atoms with E-state index in [1.165, 1.54) is 11.8 Å². The van der Waals surface area contributed by atoms with E-state index in [1.807, 2.05) is 51.1 Å². The molecule has 7 heteroatoms. The minimum Gasteiger partial charge on any atom is -0.494 e. The molecule has 0 aliphatic heterocycles. The lowest BCUT2D eigenvalue weighted by atomic mass is 10.2. The Labute approximate surface area is 174 Å². The number of hydrogen-bond donors (Lipinski definition) is 1. The third kappa shape index (κ3) is 5.54. The molecule has 0 saturated carbocycles. The van der Waals surface area contributed by atoms with Gasteiger partial charge in [-0.1, -0.05) is 17.3 Å². The molecule has 0 aliphatic rings. The summed E-state index contributed by atoms with van der Waals surface area (Å²) in [6.45, 7) is 6.74. The van der Waals surface area contributed by atoms with Crippen molar-refractivity contribution < 1.29 is 18.8 Å². The minimum atomic E-state index is -0.212. The average Bonchev–Trinajstić information content (AvgIpc) is 3.14. The van der Waals surface area contributed by atoms with Crippen molar-refractivity contribution in [3.05, 3.63) is 65.5 Å². The molecule has 1 N–H and O–H groups in total. The molecule has 0 unspecified atom stereocenters. The van der Waals surface area contributed by atoms with Crippen LogP contribution in [0.1, 0.15) is 35.7 Å². The van der Waals surface area contributed by atoms with Gasteiger partial charge in [0.05, 0.1) is 35.9 Å². The second-order valence-corrected chi connectivity index (χ2v) is 7.21. The van der Waals surface area contributed by atoms with Gasteiger partial charge in [-0.05, 0) is 45.0 Å². The van der Waals surface area contributed by atoms with Crippen LogP contribution in [-0.4, -0.2) is 24.3 Å². The lowest BCUT2D eigenvalue weighted by molar-refractivity contribution is 0.102. The van der Waals surface area contributed by atoms with Crippen LogP contribution in [0.3, 0.4) is 0 Å². The summed E-state index contributed by atoms with van der Waals surface area (Å²) in [5, 5.41) is 6.86. The number of aromatic nitrogens is 1. The van der Waals surface area contributed by atoms with Crippen molar-refractivity contribution in [2.45, 2.75) is 31.4 Å². The van der Waals surface area contributed by atoms with Gasteiger partial charge in [0, 0.05) is 17.0 Å². The van der Waals surface area contributed by atoms with E-state index in [0.29, 0.717) is 41.7 Å². The summed E-state index contributed by atoms with van der Waals surface area (Å²) < 4.78 is 16.5. The number of anilines is 1. The zero-order valence-corrected chi connectivity index (χ0v) is 17.5. The monoisotopic (exact) mass is 412 g/mol. The number of rotatable bonds is 9. The normalized spacial score (nSPS) is 10.6. The SMILES string of the molecule is CCOc1ccc(OCC)c(NC(=O)c2ccccc2SCc2cc(C)no2)c1. The Morgan fingerprint density at radius 3 is 2.62 bits per heavy atom. The predicted molar refractivity (Wildman–Crippen MR) is 114 cm³/mol. The van der Waals surface area contributed by atoms with Crippen LogP contribution < -0.4 is 14.8 Å². The highest BCUT2D eigenvalue weighted by atomic mass is 32.2. The lowest BCUT2D eigenvalue weighted by Gasteiger charge is -2.14. The van der Waals surface area contributed by atoms with Crippen molar-refractivity contribution in [3.63, 3.8) is 0 Å². The van der Waals surface area contributed by atoms with E-state index in [0.717, 1.165) is 16.3 Å². The molecule has 0 fully saturated rings. The van der Waals surface area contributed by atoms with E-state index < -0.39 is 0 Å². The summed E-state index contributed by atoms with van der Waals surface area (Å²) in [6.07, 6.45) is 0. The molecule has 2 aromatic carbocycles. The molecular weight excluding hydrogens is 388 g/mol. The number of ether oxygens (including phenoxy) is 2. The van der Waals surface area contributed by atoms with Crippen molar-refractivity contribution in [3.8, 4) is 11.5 Å². The number of carbonyl (C=O) groups is 1. The quantitative estimate of drug-likeness (QED) is 0.479. The van der Waals surface area contributed by atoms with Gasteiger partial charge in [-0.2, -0.15) is 0 Å². The molecule has 1 amide bonds. The van der Waals surface area contributed by atoms with Gasteiger partial charge in [0.2, 0.25) is 0 Å². The number of thioether (sulfide) groups is 1. The van der Waals surface area contributed by atoms with Gasteiger partial charge >= 0.3 is 0 Å². The first-order valence-corrected chi connectivity index (χ1v) is 10.4. The molecule has 0 saturated heterocycles. The van der Waals surface area contributed by atoms with E-state index in [1.54, 1.807) is 18.2 Å². The Kier molecular flexibility index (Phi) is 7.19. The van der Waals surface area contributed by atoms with Crippen LogP contribution in [0.5, 0.6) is 11.5 Å². The summed E-state index contributed by atoms with van der Waals surface area (Å²) >= 11 is 1.53. The number of nitrogens with one attached hydrogen (secondary N) is 1. The van der Waals surface area contributed by atoms with E-state index in [9.17, 15) is 4.79 Å². The molecule has 3 rings (SSSR count). The van der Waals surface area contributed by atoms with Crippen LogP contribution in [-0.2, 0) is 5.75 Å². The molecule has 3 aromatic rings. The number of benzene rings is 2. The fraction of sp³-hybridized carbons (Fsp3) is 0.273. The fourth-order valence-corrected chi connectivity index (χ4v) is 3.67. The van der Waals surface area contributed by atoms with Crippen LogP contribution in [0.25, 0.3) is 0 Å². The van der Waals surface area contributed by atoms with Crippen molar-refractivity contribution in [2.75, 3.05) is 18.5 Å². The maximum atomic E-state index is 13.0. The first-order valence-electron chi connectivity index (χ1n) is 9.45. The molecular formula is C22H24N2O4S. The van der Waals surface area contributed by atoms with Crippen LogP contribution in [0.15, 0.2) is 57.9 Å². The summed E-state index contributed by atoms with van der Waals surface area (Å²) in [5.74, 6) is 2.43. The van der Waals surface area contributed by atoms with E-state index >= 15 is 0 Å². The van der Waals surface area contributed by atoms with Crippen LogP contribution in [0.4, 0.5) is 5.69 Å². The van der Waals surface area contributed by atoms with E-state index in [4.69, 9.17) is 14.0 Å². The summed E-state index contributed by atoms with van der Waals surface area (Å²) in [5.41, 5.74) is 2.00. The van der Waals surface area contributed by atoms with Gasteiger partial charge in [-0.15, -0.1) is 11.8 Å². The molecule has 1 aromatic heterocycles. The van der Waals surface area contributed by atoms with Crippen molar-refractivity contribution in [1.82, 2.24) is 5.16 Å². The zero-order valence-electron chi connectivity index (χ0n) is 16.7. The average molecular weight is 413 g/mol. The molecule has 29 heavy (non-hydrogen) atoms. The number of aryl methyl sites for hydroxylation is 1. The number of carbonyl (C=O) groups excluding carboxylic acids is 1. The smallest absolute Gasteiger partial charge is 0.256 e. The summed E-state index contributed by atoms with van der Waals surface area (Å²) in [4.78, 5) is 13.9. The van der Waals surface area contributed by atoms with Gasteiger partial charge in [0.15, 0.2) is 0 Å². The maximum Gasteiger partial charge on any atom is 0.256 e. The first kappa shape index (κ1) is 20.8. The van der Waals surface area contributed by atoms with Gasteiger partial charge < -0.3 is 19.3 Å². The van der Waals surface area contributed by atoms with E-state index in [-0.39, 0.29) is 5.91 Å². The van der Waals surface area contributed by atoms with Crippen LogP contribution >= 0.6 is 11.8 Å². The standard InChI is InChI=1S/C22H24N2O4S/c1-4-26-16-10-11-20(27-5-2)19(13-16)23-22(25)18-8-6-7-9-21(18)29-14-17-12-15(3)24-28-17/h6-13H,4-5,14H2,1-3H3,(H,23,25). The number of nitrogens with zero attached hydrogens (tertiary/aromatic N) is 1. The lowest BCUT2D eigenvalue weighted by Crippen LogP contribution is -2.14. The van der Waals surface area contributed by atoms with Crippen molar-refractivity contribution >= 4 is 23.4 Å². The molecule has 0 bridgehead atoms. The molecule has 1 heterocycles. The highest BCUT2D eigenvalue weighted by Crippen LogP contribution is 2.32. The number of hydrogen-bond acceptors (Lipinski definition) is 6. The van der Waals surface area contributed by atoms with E-state index in [2.05, 4.69) is 10.5 Å². The Hall–Kier alpha value is -2.93. The van der Waals surface area contributed by atoms with Gasteiger partial charge in [0.1, 0.15) is 17.3 Å². The van der Waals surface area contributed by atoms with Crippen molar-refractivity contribution in [2.24, 2.45) is 0 Å². The third-order valence-corrected chi connectivity index (χ3v) is 5.08. The third-order valence-electron chi connectivity index (χ3n) is 3.99. The van der Waals surface area contributed by atoms with Crippen LogP contribution in [0, 0.1) is 6.92 Å². The highest BCUT2D eigenvalue weighted by molar-refractivity contribution is 7.98. The molecule has 0 atom stereocenters. The second-order valence-electron chi connectivity index (χ2n) is 6.20. The predicted octanol–water partition coefficient (Wildman–Crippen LogP) is 5.33. The Morgan fingerprint density at radius 1 is 1.10 bits per heavy atom. The summed E-state index contributed by atoms with van der Waals surface area (Å²) in [6, 6.07) is 14.8. The highest BCUT2D eigenvalue weighted by Gasteiger charge is 2.15. The molecule has 0 radical (unpaired) electrons. The van der Waals surface area contributed by atoms with Crippen molar-refractivity contribution in [1.29, 1.82) is 0 Å². The van der Waals surface area contributed by atoms with Gasteiger partial charge in [-0.3, -0.25) is 4.79 Å². The topological polar surface area (TPSA) is 73.6 Å².